The Balaban J connectivity index is 2.24. The fourth-order valence-electron chi connectivity index (χ4n) is 1.44. The molecular weight excluding hydrogens is 280 g/mol. The number of nitrogens with one attached hydrogen (secondary N) is 1. The first kappa shape index (κ1) is 11.8. The molecule has 4 heteroatoms. The monoisotopic (exact) mass is 290 g/mol. The highest BCUT2D eigenvalue weighted by atomic mass is 79.9. The molecule has 1 amide bonds. The third-order valence-electron chi connectivity index (χ3n) is 2.36. The van der Waals surface area contributed by atoms with Crippen molar-refractivity contribution in [2.45, 2.75) is 6.92 Å². The van der Waals surface area contributed by atoms with Gasteiger partial charge < -0.3 is 5.32 Å². The molecule has 0 saturated carbocycles. The molecule has 0 atom stereocenters. The molecule has 1 aromatic heterocycles. The minimum atomic E-state index is -0.167. The van der Waals surface area contributed by atoms with Crippen molar-refractivity contribution in [1.29, 1.82) is 0 Å². The van der Waals surface area contributed by atoms with Gasteiger partial charge in [0.15, 0.2) is 0 Å². The van der Waals surface area contributed by atoms with E-state index < -0.39 is 0 Å². The molecule has 0 spiro atoms. The number of carbonyl (C=O) groups excluding carboxylic acids is 1. The van der Waals surface area contributed by atoms with Crippen molar-refractivity contribution < 1.29 is 4.79 Å². The van der Waals surface area contributed by atoms with E-state index in [1.54, 1.807) is 12.3 Å². The minimum Gasteiger partial charge on any atom is -0.306 e. The summed E-state index contributed by atoms with van der Waals surface area (Å²) < 4.78 is 0.770. The molecular formula is C13H11BrN2O. The third-order valence-corrected chi connectivity index (χ3v) is 3.05. The number of carbonyl (C=O) groups is 1. The number of aryl methyl sites for hydroxylation is 1. The summed E-state index contributed by atoms with van der Waals surface area (Å²) in [4.78, 5) is 16.1. The number of anilines is 1. The van der Waals surface area contributed by atoms with Gasteiger partial charge in [-0.15, -0.1) is 0 Å². The molecule has 17 heavy (non-hydrogen) atoms. The van der Waals surface area contributed by atoms with Crippen molar-refractivity contribution in [3.05, 3.63) is 58.2 Å². The van der Waals surface area contributed by atoms with Gasteiger partial charge in [-0.25, -0.2) is 4.98 Å². The molecule has 0 saturated heterocycles. The standard InChI is InChI=1S/C13H11BrN2O/c1-9-5-4-8-15-12(9)16-13(17)10-6-2-3-7-11(10)14/h2-8H,1H3,(H,15,16,17). The van der Waals surface area contributed by atoms with Crippen molar-refractivity contribution in [1.82, 2.24) is 4.98 Å². The Labute approximate surface area is 108 Å². The van der Waals surface area contributed by atoms with E-state index >= 15 is 0 Å². The summed E-state index contributed by atoms with van der Waals surface area (Å²) >= 11 is 3.35. The Hall–Kier alpha value is -1.68. The number of hydrogen-bond acceptors (Lipinski definition) is 2. The van der Waals surface area contributed by atoms with E-state index in [9.17, 15) is 4.79 Å². The van der Waals surface area contributed by atoms with Crippen LogP contribution in [0.4, 0.5) is 5.82 Å². The summed E-state index contributed by atoms with van der Waals surface area (Å²) in [6.45, 7) is 1.91. The molecule has 0 aliphatic rings. The second-order valence-corrected chi connectivity index (χ2v) is 4.46. The van der Waals surface area contributed by atoms with Crippen LogP contribution in [0.1, 0.15) is 15.9 Å². The van der Waals surface area contributed by atoms with E-state index in [0.717, 1.165) is 10.0 Å². The highest BCUT2D eigenvalue weighted by Gasteiger charge is 2.10. The van der Waals surface area contributed by atoms with Gasteiger partial charge in [-0.3, -0.25) is 4.79 Å². The van der Waals surface area contributed by atoms with Gasteiger partial charge in [0, 0.05) is 10.7 Å². The first-order valence-corrected chi connectivity index (χ1v) is 5.95. The van der Waals surface area contributed by atoms with Crippen LogP contribution in [-0.4, -0.2) is 10.9 Å². The molecule has 2 rings (SSSR count). The Morgan fingerprint density at radius 1 is 1.24 bits per heavy atom. The highest BCUT2D eigenvalue weighted by molar-refractivity contribution is 9.10. The molecule has 0 aliphatic carbocycles. The molecule has 2 aromatic rings. The van der Waals surface area contributed by atoms with Crippen LogP contribution >= 0.6 is 15.9 Å². The van der Waals surface area contributed by atoms with E-state index in [1.165, 1.54) is 0 Å². The Kier molecular flexibility index (Phi) is 3.54. The maximum absolute atomic E-state index is 12.0. The molecule has 0 aliphatic heterocycles. The van der Waals surface area contributed by atoms with Gasteiger partial charge in [-0.2, -0.15) is 0 Å². The number of halogens is 1. The smallest absolute Gasteiger partial charge is 0.257 e. The van der Waals surface area contributed by atoms with E-state index in [4.69, 9.17) is 0 Å². The highest BCUT2D eigenvalue weighted by Crippen LogP contribution is 2.18. The van der Waals surface area contributed by atoms with Crippen LogP contribution < -0.4 is 5.32 Å². The first-order valence-electron chi connectivity index (χ1n) is 5.16. The zero-order chi connectivity index (χ0) is 12.3. The lowest BCUT2D eigenvalue weighted by molar-refractivity contribution is 0.102. The second-order valence-electron chi connectivity index (χ2n) is 3.60. The molecule has 0 bridgehead atoms. The second kappa shape index (κ2) is 5.10. The average Bonchev–Trinajstić information content (AvgIpc) is 2.32. The van der Waals surface area contributed by atoms with Crippen molar-refractivity contribution in [2.75, 3.05) is 5.32 Å². The predicted octanol–water partition coefficient (Wildman–Crippen LogP) is 3.40. The summed E-state index contributed by atoms with van der Waals surface area (Å²) in [7, 11) is 0. The zero-order valence-electron chi connectivity index (χ0n) is 9.27. The number of rotatable bonds is 2. The minimum absolute atomic E-state index is 0.167. The normalized spacial score (nSPS) is 10.0. The number of aromatic nitrogens is 1. The molecule has 86 valence electrons. The van der Waals surface area contributed by atoms with Gasteiger partial charge in [-0.1, -0.05) is 18.2 Å². The lowest BCUT2D eigenvalue weighted by atomic mass is 10.2. The maximum Gasteiger partial charge on any atom is 0.257 e. The summed E-state index contributed by atoms with van der Waals surface area (Å²) in [5, 5.41) is 2.79. The summed E-state index contributed by atoms with van der Waals surface area (Å²) in [6.07, 6.45) is 1.66. The number of nitrogens with zero attached hydrogens (tertiary/aromatic N) is 1. The van der Waals surface area contributed by atoms with Crippen LogP contribution in [0.2, 0.25) is 0 Å². The topological polar surface area (TPSA) is 42.0 Å². The summed E-state index contributed by atoms with van der Waals surface area (Å²) in [5.41, 5.74) is 1.53. The van der Waals surface area contributed by atoms with Crippen LogP contribution in [-0.2, 0) is 0 Å². The van der Waals surface area contributed by atoms with E-state index in [1.807, 2.05) is 37.3 Å². The number of hydrogen-bond donors (Lipinski definition) is 1. The molecule has 0 fully saturated rings. The van der Waals surface area contributed by atoms with Crippen molar-refractivity contribution in [3.8, 4) is 0 Å². The van der Waals surface area contributed by atoms with Crippen LogP contribution in [0, 0.1) is 6.92 Å². The quantitative estimate of drug-likeness (QED) is 0.921. The largest absolute Gasteiger partial charge is 0.306 e. The van der Waals surface area contributed by atoms with Crippen LogP contribution in [0.15, 0.2) is 47.1 Å². The molecule has 0 unspecified atom stereocenters. The fraction of sp³-hybridized carbons (Fsp3) is 0.0769. The Morgan fingerprint density at radius 3 is 2.71 bits per heavy atom. The number of pyridine rings is 1. The molecule has 0 radical (unpaired) electrons. The molecule has 1 heterocycles. The fourth-order valence-corrected chi connectivity index (χ4v) is 1.90. The van der Waals surface area contributed by atoms with Gasteiger partial charge in [0.25, 0.3) is 5.91 Å². The van der Waals surface area contributed by atoms with Gasteiger partial charge in [0.1, 0.15) is 5.82 Å². The van der Waals surface area contributed by atoms with Crippen molar-refractivity contribution >= 4 is 27.7 Å². The van der Waals surface area contributed by atoms with Gasteiger partial charge in [-0.05, 0) is 46.6 Å². The van der Waals surface area contributed by atoms with E-state index in [-0.39, 0.29) is 5.91 Å². The molecule has 3 nitrogen and oxygen atoms in total. The summed E-state index contributed by atoms with van der Waals surface area (Å²) in [5.74, 6) is 0.424. The van der Waals surface area contributed by atoms with Crippen LogP contribution in [0.3, 0.4) is 0 Å². The number of amides is 1. The maximum atomic E-state index is 12.0. The summed E-state index contributed by atoms with van der Waals surface area (Å²) in [6, 6.07) is 11.0. The average molecular weight is 291 g/mol. The molecule has 1 N–H and O–H groups in total. The van der Waals surface area contributed by atoms with Crippen molar-refractivity contribution in [2.24, 2.45) is 0 Å². The predicted molar refractivity (Wildman–Crippen MR) is 71.1 cm³/mol. The Bertz CT molecular complexity index is 555. The van der Waals surface area contributed by atoms with E-state index in [2.05, 4.69) is 26.2 Å². The van der Waals surface area contributed by atoms with Gasteiger partial charge in [0.2, 0.25) is 0 Å². The third kappa shape index (κ3) is 2.71. The lowest BCUT2D eigenvalue weighted by Gasteiger charge is -2.07. The van der Waals surface area contributed by atoms with Gasteiger partial charge >= 0.3 is 0 Å². The lowest BCUT2D eigenvalue weighted by Crippen LogP contribution is -2.14. The Morgan fingerprint density at radius 2 is 2.00 bits per heavy atom. The molecule has 1 aromatic carbocycles. The zero-order valence-corrected chi connectivity index (χ0v) is 10.9. The van der Waals surface area contributed by atoms with Crippen LogP contribution in [0.5, 0.6) is 0 Å². The van der Waals surface area contributed by atoms with Crippen molar-refractivity contribution in [3.63, 3.8) is 0 Å². The first-order chi connectivity index (χ1) is 8.18. The van der Waals surface area contributed by atoms with Crippen LogP contribution in [0.25, 0.3) is 0 Å². The van der Waals surface area contributed by atoms with E-state index in [0.29, 0.717) is 11.4 Å². The number of benzene rings is 1. The SMILES string of the molecule is Cc1cccnc1NC(=O)c1ccccc1Br. The van der Waals surface area contributed by atoms with Gasteiger partial charge in [0.05, 0.1) is 5.56 Å².